The molecule has 0 spiro atoms. The molecule has 0 radical (unpaired) electrons. The fourth-order valence-corrected chi connectivity index (χ4v) is 10.8. The molecule has 0 bridgehead atoms. The van der Waals surface area contributed by atoms with Gasteiger partial charge in [0.25, 0.3) is 0 Å². The lowest BCUT2D eigenvalue weighted by Gasteiger charge is -2.43. The fraction of sp³-hybridized carbons (Fsp3) is 0.455. The van der Waals surface area contributed by atoms with E-state index in [0.717, 1.165) is 22.3 Å². The van der Waals surface area contributed by atoms with Crippen molar-refractivity contribution in [1.82, 2.24) is 51.5 Å². The van der Waals surface area contributed by atoms with E-state index in [0.29, 0.717) is 71.4 Å². The summed E-state index contributed by atoms with van der Waals surface area (Å²) in [6, 6.07) is 33.2. The van der Waals surface area contributed by atoms with Crippen LogP contribution in [-0.2, 0) is 28.8 Å². The second-order valence-corrected chi connectivity index (χ2v) is 19.5. The van der Waals surface area contributed by atoms with E-state index < -0.39 is 48.3 Å². The summed E-state index contributed by atoms with van der Waals surface area (Å²) in [5.74, 6) is -1.68. The molecule has 0 saturated carbocycles. The van der Waals surface area contributed by atoms with E-state index >= 15 is 0 Å². The van der Waals surface area contributed by atoms with Crippen LogP contribution in [0.25, 0.3) is 0 Å². The van der Waals surface area contributed by atoms with Crippen LogP contribution in [0.2, 0.25) is 0 Å². The molecule has 376 valence electrons. The van der Waals surface area contributed by atoms with Crippen molar-refractivity contribution in [2.75, 3.05) is 46.9 Å². The first kappa shape index (κ1) is 50.9. The molecule has 4 saturated heterocycles. The van der Waals surface area contributed by atoms with Gasteiger partial charge in [0, 0.05) is 38.3 Å². The summed E-state index contributed by atoms with van der Waals surface area (Å²) in [4.78, 5) is 93.7. The number of carbonyl (C=O) groups excluding carboxylic acids is 6. The van der Waals surface area contributed by atoms with Crippen LogP contribution in [0, 0.1) is 0 Å². The molecular formula is C55H70N10O6. The Balaban J connectivity index is 1.04. The van der Waals surface area contributed by atoms with Crippen molar-refractivity contribution in [3.8, 4) is 0 Å². The number of rotatable bonds is 16. The van der Waals surface area contributed by atoms with E-state index in [1.54, 1.807) is 37.7 Å². The summed E-state index contributed by atoms with van der Waals surface area (Å²) in [6.07, 6.45) is 2.69. The zero-order valence-corrected chi connectivity index (χ0v) is 41.3. The van der Waals surface area contributed by atoms with Gasteiger partial charge in [0.15, 0.2) is 0 Å². The Morgan fingerprint density at radius 3 is 1.13 bits per heavy atom. The predicted molar refractivity (Wildman–Crippen MR) is 271 cm³/mol. The summed E-state index contributed by atoms with van der Waals surface area (Å²) in [6.45, 7) is 5.86. The van der Waals surface area contributed by atoms with Gasteiger partial charge in [-0.3, -0.25) is 38.6 Å². The number of nitrogens with one attached hydrogen (secondary N) is 6. The SMILES string of the molecule is CN[C@@H](C)C(=O)N[C@H]1CCN(CN2CC[C@H](NC(=O)[C@H](C)NC)C(=O)N3[C@H](CC[C@H]3C(=O)NC(c3ccccc3)c3ccccc3)C2)C[C@H]2CC[C@@H](C(=O)NC(c3ccccc3)c3ccccc3)N2C1=O. The standard InChI is InChI=1S/C55H70N10O6/c1-36(56-3)50(66)58-44-29-31-62(33-42-25-27-46(64(42)54(44)70)52(68)60-48(38-17-9-5-10-18-38)39-19-11-6-12-20-39)35-63-32-30-45(59-51(67)37(2)57-4)55(71)65-43(34-63)26-28-47(65)53(69)61-49(40-21-13-7-14-22-40)41-23-15-8-16-24-41/h5-24,36-37,42-49,56-57H,25-35H2,1-4H3,(H,58,66)(H,59,67)(H,60,68)(H,61,69)/t36-,37-,42+,43+,44-,45-,46-,47-/m0/s1. The van der Waals surface area contributed by atoms with E-state index in [4.69, 9.17) is 0 Å². The predicted octanol–water partition coefficient (Wildman–Crippen LogP) is 3.07. The maximum atomic E-state index is 14.8. The number of hydrogen-bond acceptors (Lipinski definition) is 10. The molecule has 8 atom stereocenters. The molecule has 4 aromatic carbocycles. The molecular weight excluding hydrogens is 897 g/mol. The van der Waals surface area contributed by atoms with Gasteiger partial charge in [0.1, 0.15) is 24.2 Å². The molecule has 4 heterocycles. The van der Waals surface area contributed by atoms with Crippen LogP contribution >= 0.6 is 0 Å². The zero-order valence-electron chi connectivity index (χ0n) is 41.3. The normalized spacial score (nSPS) is 23.9. The van der Waals surface area contributed by atoms with Crippen molar-refractivity contribution in [3.05, 3.63) is 144 Å². The van der Waals surface area contributed by atoms with Crippen molar-refractivity contribution >= 4 is 35.4 Å². The number of amides is 6. The third-order valence-corrected chi connectivity index (χ3v) is 14.9. The molecule has 6 amide bonds. The van der Waals surface area contributed by atoms with Crippen molar-refractivity contribution in [2.45, 2.75) is 113 Å². The minimum Gasteiger partial charge on any atom is -0.343 e. The van der Waals surface area contributed by atoms with Gasteiger partial charge in [-0.05, 0) is 88.7 Å². The quantitative estimate of drug-likeness (QED) is 0.0976. The summed E-state index contributed by atoms with van der Waals surface area (Å²) in [5.41, 5.74) is 3.68. The molecule has 16 heteroatoms. The molecule has 4 aliphatic rings. The van der Waals surface area contributed by atoms with Gasteiger partial charge < -0.3 is 41.7 Å². The molecule has 0 unspecified atom stereocenters. The Kier molecular flexibility index (Phi) is 16.9. The van der Waals surface area contributed by atoms with Crippen molar-refractivity contribution in [2.24, 2.45) is 0 Å². The van der Waals surface area contributed by atoms with Crippen LogP contribution in [0.1, 0.15) is 86.7 Å². The van der Waals surface area contributed by atoms with Gasteiger partial charge in [-0.15, -0.1) is 0 Å². The second kappa shape index (κ2) is 23.6. The largest absolute Gasteiger partial charge is 0.343 e. The van der Waals surface area contributed by atoms with Gasteiger partial charge in [-0.25, -0.2) is 0 Å². The number of benzene rings is 4. The zero-order chi connectivity index (χ0) is 50.0. The van der Waals surface area contributed by atoms with Gasteiger partial charge in [0.2, 0.25) is 35.4 Å². The Hall–Kier alpha value is -6.46. The first-order valence-electron chi connectivity index (χ1n) is 25.3. The second-order valence-electron chi connectivity index (χ2n) is 19.5. The molecule has 4 aliphatic heterocycles. The van der Waals surface area contributed by atoms with Crippen LogP contribution in [0.4, 0.5) is 0 Å². The Morgan fingerprint density at radius 1 is 0.493 bits per heavy atom. The number of likely N-dealkylation sites (N-methyl/N-ethyl adjacent to an activating group) is 2. The minimum absolute atomic E-state index is 0.257. The molecule has 4 aromatic rings. The fourth-order valence-electron chi connectivity index (χ4n) is 10.8. The first-order valence-corrected chi connectivity index (χ1v) is 25.3. The van der Waals surface area contributed by atoms with Crippen molar-refractivity contribution in [3.63, 3.8) is 0 Å². The Bertz CT molecular complexity index is 2200. The average molecular weight is 967 g/mol. The van der Waals surface area contributed by atoms with E-state index in [2.05, 4.69) is 41.7 Å². The summed E-state index contributed by atoms with van der Waals surface area (Å²) < 4.78 is 0. The van der Waals surface area contributed by atoms with E-state index in [9.17, 15) is 28.8 Å². The van der Waals surface area contributed by atoms with Crippen LogP contribution in [-0.4, -0.2) is 150 Å². The molecule has 71 heavy (non-hydrogen) atoms. The number of carbonyl (C=O) groups is 6. The lowest BCUT2D eigenvalue weighted by Crippen LogP contribution is -2.63. The van der Waals surface area contributed by atoms with Crippen LogP contribution in [0.5, 0.6) is 0 Å². The third-order valence-electron chi connectivity index (χ3n) is 14.9. The number of fused-ring (bicyclic) bond motifs is 2. The monoisotopic (exact) mass is 967 g/mol. The average Bonchev–Trinajstić information content (AvgIpc) is 4.02. The van der Waals surface area contributed by atoms with Crippen molar-refractivity contribution < 1.29 is 28.8 Å². The highest BCUT2D eigenvalue weighted by Crippen LogP contribution is 2.33. The van der Waals surface area contributed by atoms with Crippen molar-refractivity contribution in [1.29, 1.82) is 0 Å². The molecule has 6 N–H and O–H groups in total. The highest BCUT2D eigenvalue weighted by Gasteiger charge is 2.48. The molecule has 8 rings (SSSR count). The smallest absolute Gasteiger partial charge is 0.246 e. The van der Waals surface area contributed by atoms with Gasteiger partial charge in [-0.1, -0.05) is 121 Å². The first-order chi connectivity index (χ1) is 34.4. The van der Waals surface area contributed by atoms with Gasteiger partial charge in [0.05, 0.1) is 30.8 Å². The number of hydrogen-bond donors (Lipinski definition) is 6. The summed E-state index contributed by atoms with van der Waals surface area (Å²) in [7, 11) is 3.39. The number of nitrogens with zero attached hydrogens (tertiary/aromatic N) is 4. The molecule has 0 aliphatic carbocycles. The highest BCUT2D eigenvalue weighted by molar-refractivity contribution is 5.95. The molecule has 16 nitrogen and oxygen atoms in total. The van der Waals surface area contributed by atoms with Crippen LogP contribution in [0.3, 0.4) is 0 Å². The summed E-state index contributed by atoms with van der Waals surface area (Å²) in [5, 5.41) is 18.6. The lowest BCUT2D eigenvalue weighted by atomic mass is 9.98. The molecule has 4 fully saturated rings. The highest BCUT2D eigenvalue weighted by atomic mass is 16.2. The Morgan fingerprint density at radius 2 is 0.817 bits per heavy atom. The van der Waals surface area contributed by atoms with Crippen LogP contribution < -0.4 is 31.9 Å². The van der Waals surface area contributed by atoms with Crippen LogP contribution in [0.15, 0.2) is 121 Å². The molecule has 0 aromatic heterocycles. The van der Waals surface area contributed by atoms with E-state index in [1.165, 1.54) is 0 Å². The minimum atomic E-state index is -0.880. The van der Waals surface area contributed by atoms with Gasteiger partial charge >= 0.3 is 0 Å². The lowest BCUT2D eigenvalue weighted by molar-refractivity contribution is -0.146. The topological polar surface area (TPSA) is 188 Å². The maximum absolute atomic E-state index is 14.8. The maximum Gasteiger partial charge on any atom is 0.246 e. The van der Waals surface area contributed by atoms with Gasteiger partial charge in [-0.2, -0.15) is 0 Å². The van der Waals surface area contributed by atoms with E-state index in [-0.39, 0.29) is 47.5 Å². The van der Waals surface area contributed by atoms with E-state index in [1.807, 2.05) is 121 Å². The Labute approximate surface area is 417 Å². The summed E-state index contributed by atoms with van der Waals surface area (Å²) >= 11 is 0. The third kappa shape index (κ3) is 12.0.